The molecule has 0 aliphatic heterocycles. The molecule has 0 bridgehead atoms. The van der Waals surface area contributed by atoms with Crippen molar-refractivity contribution < 1.29 is 42.4 Å². The second-order valence-electron chi connectivity index (χ2n) is 8.18. The first-order valence-electron chi connectivity index (χ1n) is 8.94. The highest BCUT2D eigenvalue weighted by molar-refractivity contribution is 7.85. The summed E-state index contributed by atoms with van der Waals surface area (Å²) in [7, 11) is -4.42. The molecule has 0 aliphatic rings. The summed E-state index contributed by atoms with van der Waals surface area (Å²) >= 11 is 0. The molecule has 0 rings (SSSR count). The number of primary amides is 1. The Morgan fingerprint density at radius 1 is 1.07 bits per heavy atom. The fourth-order valence-electron chi connectivity index (χ4n) is 3.15. The highest BCUT2D eigenvalue weighted by Gasteiger charge is 2.42. The van der Waals surface area contributed by atoms with E-state index in [4.69, 9.17) is 15.4 Å². The SMILES string of the molecule is CCC(CC(CC(C)(CC(=O)O)C(=O)O)C(=O)NC(C)(C)CS(=O)(=O)O)C(N)=O. The van der Waals surface area contributed by atoms with Crippen LogP contribution in [0.15, 0.2) is 0 Å². The Labute approximate surface area is 169 Å². The minimum absolute atomic E-state index is 0.137. The molecule has 0 aromatic carbocycles. The van der Waals surface area contributed by atoms with Crippen LogP contribution in [-0.4, -0.2) is 58.2 Å². The van der Waals surface area contributed by atoms with Gasteiger partial charge in [-0.15, -0.1) is 0 Å². The number of carboxylic acid groups (broad SMARTS) is 2. The maximum absolute atomic E-state index is 12.8. The quantitative estimate of drug-likeness (QED) is 0.250. The number of rotatable bonds is 13. The molecule has 3 atom stereocenters. The summed E-state index contributed by atoms with van der Waals surface area (Å²) in [5, 5.41) is 21.0. The van der Waals surface area contributed by atoms with Gasteiger partial charge in [0.2, 0.25) is 11.8 Å². The van der Waals surface area contributed by atoms with E-state index in [2.05, 4.69) is 5.32 Å². The number of carboxylic acids is 2. The Bertz CT molecular complexity index is 748. The standard InChI is InChI=1S/C17H30N2O9S/c1-5-10(13(18)22)6-11(7-17(4,15(24)25)8-12(20)21)14(23)19-16(2,3)9-29(26,27)28/h10-11H,5-9H2,1-4H3,(H2,18,22)(H,19,23)(H,20,21)(H,24,25)(H,26,27,28). The third-order valence-corrected chi connectivity index (χ3v) is 5.68. The first kappa shape index (κ1) is 26.8. The molecular formula is C17H30N2O9S. The molecule has 0 aliphatic carbocycles. The van der Waals surface area contributed by atoms with E-state index in [1.807, 2.05) is 0 Å². The fourth-order valence-corrected chi connectivity index (χ4v) is 4.14. The van der Waals surface area contributed by atoms with Gasteiger partial charge < -0.3 is 21.3 Å². The molecule has 0 aromatic rings. The summed E-state index contributed by atoms with van der Waals surface area (Å²) in [5.74, 6) is -6.96. The summed E-state index contributed by atoms with van der Waals surface area (Å²) in [6.07, 6.45) is -1.03. The highest BCUT2D eigenvalue weighted by atomic mass is 32.2. The molecule has 3 unspecified atom stereocenters. The predicted molar refractivity (Wildman–Crippen MR) is 102 cm³/mol. The zero-order chi connectivity index (χ0) is 23.2. The molecule has 0 radical (unpaired) electrons. The van der Waals surface area contributed by atoms with E-state index in [0.717, 1.165) is 0 Å². The minimum atomic E-state index is -4.42. The van der Waals surface area contributed by atoms with Gasteiger partial charge >= 0.3 is 11.9 Å². The molecule has 29 heavy (non-hydrogen) atoms. The number of hydrogen-bond donors (Lipinski definition) is 5. The Hall–Kier alpha value is -2.21. The number of nitrogens with two attached hydrogens (primary N) is 1. The minimum Gasteiger partial charge on any atom is -0.481 e. The Morgan fingerprint density at radius 2 is 1.59 bits per heavy atom. The second-order valence-corrected chi connectivity index (χ2v) is 9.63. The van der Waals surface area contributed by atoms with Crippen LogP contribution in [0.25, 0.3) is 0 Å². The smallest absolute Gasteiger partial charge is 0.309 e. The summed E-state index contributed by atoms with van der Waals surface area (Å²) in [6, 6.07) is 0. The van der Waals surface area contributed by atoms with Crippen LogP contribution < -0.4 is 11.1 Å². The van der Waals surface area contributed by atoms with E-state index in [9.17, 15) is 32.7 Å². The van der Waals surface area contributed by atoms with Crippen LogP contribution in [0.5, 0.6) is 0 Å². The fraction of sp³-hybridized carbons (Fsp3) is 0.765. The van der Waals surface area contributed by atoms with Gasteiger partial charge in [-0.2, -0.15) is 8.42 Å². The van der Waals surface area contributed by atoms with Crippen molar-refractivity contribution in [2.24, 2.45) is 23.0 Å². The first-order chi connectivity index (χ1) is 12.9. The van der Waals surface area contributed by atoms with E-state index >= 15 is 0 Å². The summed E-state index contributed by atoms with van der Waals surface area (Å²) in [4.78, 5) is 47.2. The molecule has 168 valence electrons. The molecule has 2 amide bonds. The van der Waals surface area contributed by atoms with Crippen molar-refractivity contribution >= 4 is 33.9 Å². The normalized spacial score (nSPS) is 16.3. The van der Waals surface area contributed by atoms with E-state index < -0.39 is 75.3 Å². The number of nitrogens with one attached hydrogen (secondary N) is 1. The highest BCUT2D eigenvalue weighted by Crippen LogP contribution is 2.34. The van der Waals surface area contributed by atoms with E-state index in [1.165, 1.54) is 20.8 Å². The second kappa shape index (κ2) is 10.0. The summed E-state index contributed by atoms with van der Waals surface area (Å²) in [5.41, 5.74) is 2.11. The number of aliphatic carboxylic acids is 2. The summed E-state index contributed by atoms with van der Waals surface area (Å²) in [6.45, 7) is 5.52. The molecule has 0 saturated heterocycles. The number of amides is 2. The Morgan fingerprint density at radius 3 is 1.93 bits per heavy atom. The van der Waals surface area contributed by atoms with E-state index in [0.29, 0.717) is 0 Å². The third kappa shape index (κ3) is 9.70. The van der Waals surface area contributed by atoms with E-state index in [-0.39, 0.29) is 12.8 Å². The van der Waals surface area contributed by atoms with Crippen LogP contribution >= 0.6 is 0 Å². The Kier molecular flexibility index (Phi) is 9.25. The predicted octanol–water partition coefficient (Wildman–Crippen LogP) is 0.243. The molecule has 6 N–H and O–H groups in total. The van der Waals surface area contributed by atoms with Gasteiger partial charge in [0.25, 0.3) is 10.1 Å². The maximum Gasteiger partial charge on any atom is 0.309 e. The topological polar surface area (TPSA) is 201 Å². The number of hydrogen-bond acceptors (Lipinski definition) is 6. The van der Waals surface area contributed by atoms with Crippen LogP contribution in [0.1, 0.15) is 53.4 Å². The molecule has 0 spiro atoms. The number of carbonyl (C=O) groups excluding carboxylic acids is 2. The molecule has 12 heteroatoms. The molecule has 0 saturated carbocycles. The van der Waals surface area contributed by atoms with E-state index in [1.54, 1.807) is 6.92 Å². The molecule has 0 heterocycles. The van der Waals surface area contributed by atoms with Gasteiger partial charge in [0.15, 0.2) is 0 Å². The van der Waals surface area contributed by atoms with Crippen LogP contribution in [0, 0.1) is 17.3 Å². The average Bonchev–Trinajstić information content (AvgIpc) is 2.46. The summed E-state index contributed by atoms with van der Waals surface area (Å²) < 4.78 is 31.3. The first-order valence-corrected chi connectivity index (χ1v) is 10.5. The largest absolute Gasteiger partial charge is 0.481 e. The maximum atomic E-state index is 12.8. The zero-order valence-electron chi connectivity index (χ0n) is 17.0. The van der Waals surface area contributed by atoms with Crippen molar-refractivity contribution in [1.82, 2.24) is 5.32 Å². The van der Waals surface area contributed by atoms with Crippen LogP contribution in [0.3, 0.4) is 0 Å². The van der Waals surface area contributed by atoms with Crippen LogP contribution in [-0.2, 0) is 29.3 Å². The monoisotopic (exact) mass is 438 g/mol. The lowest BCUT2D eigenvalue weighted by Gasteiger charge is -2.32. The zero-order valence-corrected chi connectivity index (χ0v) is 17.8. The van der Waals surface area contributed by atoms with Gasteiger partial charge in [0, 0.05) is 11.8 Å². The lowest BCUT2D eigenvalue weighted by molar-refractivity contribution is -0.156. The van der Waals surface area contributed by atoms with Crippen molar-refractivity contribution in [3.8, 4) is 0 Å². The van der Waals surface area contributed by atoms with Crippen molar-refractivity contribution in [2.45, 2.75) is 58.9 Å². The van der Waals surface area contributed by atoms with Gasteiger partial charge in [-0.3, -0.25) is 23.7 Å². The van der Waals surface area contributed by atoms with Crippen molar-refractivity contribution in [3.63, 3.8) is 0 Å². The van der Waals surface area contributed by atoms with Gasteiger partial charge in [-0.1, -0.05) is 6.92 Å². The average molecular weight is 438 g/mol. The number of carbonyl (C=O) groups is 4. The Balaban J connectivity index is 5.85. The van der Waals surface area contributed by atoms with Crippen molar-refractivity contribution in [3.05, 3.63) is 0 Å². The van der Waals surface area contributed by atoms with Crippen molar-refractivity contribution in [2.75, 3.05) is 5.75 Å². The molecule has 0 fully saturated rings. The van der Waals surface area contributed by atoms with Crippen LogP contribution in [0.4, 0.5) is 0 Å². The molecular weight excluding hydrogens is 408 g/mol. The molecule has 0 aromatic heterocycles. The lowest BCUT2D eigenvalue weighted by atomic mass is 9.75. The van der Waals surface area contributed by atoms with Crippen molar-refractivity contribution in [1.29, 1.82) is 0 Å². The van der Waals surface area contributed by atoms with Gasteiger partial charge in [0.1, 0.15) is 0 Å². The van der Waals surface area contributed by atoms with Crippen LogP contribution in [0.2, 0.25) is 0 Å². The molecule has 11 nitrogen and oxygen atoms in total. The van der Waals surface area contributed by atoms with Gasteiger partial charge in [-0.05, 0) is 40.0 Å². The third-order valence-electron chi connectivity index (χ3n) is 4.59. The van der Waals surface area contributed by atoms with Gasteiger partial charge in [0.05, 0.1) is 23.1 Å². The van der Waals surface area contributed by atoms with Gasteiger partial charge in [-0.25, -0.2) is 0 Å². The lowest BCUT2D eigenvalue weighted by Crippen LogP contribution is -2.51.